The highest BCUT2D eigenvalue weighted by Gasteiger charge is 2.56. The number of ether oxygens (including phenoxy) is 1. The van der Waals surface area contributed by atoms with Gasteiger partial charge in [0.2, 0.25) is 0 Å². The van der Waals surface area contributed by atoms with Crippen LogP contribution < -0.4 is 4.74 Å². The van der Waals surface area contributed by atoms with E-state index in [2.05, 4.69) is 200 Å². The third kappa shape index (κ3) is 4.75. The fourth-order valence-electron chi connectivity index (χ4n) is 10.6. The smallest absolute Gasteiger partial charge is 0.159 e. The van der Waals surface area contributed by atoms with Crippen molar-refractivity contribution in [2.24, 2.45) is 15.9 Å². The molecule has 7 aromatic carbocycles. The third-order valence-electron chi connectivity index (χ3n) is 13.0. The fourth-order valence-corrected chi connectivity index (χ4v) is 10.6. The Labute approximate surface area is 338 Å². The first-order valence-electron chi connectivity index (χ1n) is 20.3. The molecule has 4 unspecified atom stereocenters. The van der Waals surface area contributed by atoms with Gasteiger partial charge in [0.25, 0.3) is 0 Å². The molecule has 0 radical (unpaired) electrons. The highest BCUT2D eigenvalue weighted by atomic mass is 16.5. The zero-order chi connectivity index (χ0) is 38.4. The second kappa shape index (κ2) is 12.7. The minimum atomic E-state index is -0.387. The van der Waals surface area contributed by atoms with Gasteiger partial charge in [-0.25, -0.2) is 9.98 Å². The van der Waals surface area contributed by atoms with Crippen LogP contribution in [0, 0.1) is 5.92 Å². The van der Waals surface area contributed by atoms with E-state index in [4.69, 9.17) is 14.7 Å². The Morgan fingerprint density at radius 3 is 2.34 bits per heavy atom. The predicted molar refractivity (Wildman–Crippen MR) is 236 cm³/mol. The van der Waals surface area contributed by atoms with E-state index in [1.165, 1.54) is 44.2 Å². The van der Waals surface area contributed by atoms with Crippen molar-refractivity contribution in [1.82, 2.24) is 4.90 Å². The molecule has 0 amide bonds. The standard InChI is InChI=1S/C54H39N3O/c1-57-52(35-15-3-2-4-16-35)55-51(39-31-37-19-13-17-34-18-14-20-38(32-39)50(34)37)56-53(57)43-24-6-5-21-40(43)36-29-30-47-49(33-36)58-48-28-12-11-27-46(48)54(47)44-25-9-7-22-41(44)42-23-8-10-26-45(42)54/h2-17,19-33,41,44,52H,18H2,1H3. The van der Waals surface area contributed by atoms with Crippen LogP contribution in [0.1, 0.15) is 62.2 Å². The van der Waals surface area contributed by atoms with Gasteiger partial charge in [0.15, 0.2) is 5.84 Å². The normalized spacial score (nSPS) is 21.8. The predicted octanol–water partition coefficient (Wildman–Crippen LogP) is 12.2. The first kappa shape index (κ1) is 33.1. The summed E-state index contributed by atoms with van der Waals surface area (Å²) in [5.74, 6) is 3.92. The fraction of sp³-hybridized carbons (Fsp3) is 0.111. The van der Waals surface area contributed by atoms with Gasteiger partial charge in [-0.2, -0.15) is 0 Å². The number of hydrogen-bond acceptors (Lipinski definition) is 4. The van der Waals surface area contributed by atoms with Crippen molar-refractivity contribution < 1.29 is 4.74 Å². The zero-order valence-electron chi connectivity index (χ0n) is 32.1. The lowest BCUT2D eigenvalue weighted by Gasteiger charge is -2.43. The molecule has 5 aliphatic rings. The van der Waals surface area contributed by atoms with E-state index >= 15 is 0 Å². The van der Waals surface area contributed by atoms with Crippen LogP contribution in [-0.4, -0.2) is 23.6 Å². The lowest BCUT2D eigenvalue weighted by atomic mass is 9.62. The first-order valence-corrected chi connectivity index (χ1v) is 20.3. The van der Waals surface area contributed by atoms with Crippen molar-refractivity contribution in [3.63, 3.8) is 0 Å². The third-order valence-corrected chi connectivity index (χ3v) is 13.0. The van der Waals surface area contributed by atoms with Crippen LogP contribution in [0.2, 0.25) is 0 Å². The summed E-state index contributed by atoms with van der Waals surface area (Å²) in [5.41, 5.74) is 12.7. The number of para-hydroxylation sites is 1. The average molecular weight is 746 g/mol. The molecule has 0 N–H and O–H groups in total. The summed E-state index contributed by atoms with van der Waals surface area (Å²) in [4.78, 5) is 13.1. The summed E-state index contributed by atoms with van der Waals surface area (Å²) in [7, 11) is 2.11. The molecule has 12 rings (SSSR count). The number of nitrogens with zero attached hydrogens (tertiary/aromatic N) is 3. The van der Waals surface area contributed by atoms with Crippen molar-refractivity contribution in [1.29, 1.82) is 0 Å². The van der Waals surface area contributed by atoms with Gasteiger partial charge in [-0.1, -0.05) is 164 Å². The van der Waals surface area contributed by atoms with Gasteiger partial charge in [0.05, 0.1) is 5.41 Å². The van der Waals surface area contributed by atoms with Crippen molar-refractivity contribution >= 4 is 28.5 Å². The number of aliphatic imine (C=N–C) groups is 2. The van der Waals surface area contributed by atoms with Crippen LogP contribution in [0.15, 0.2) is 192 Å². The minimum Gasteiger partial charge on any atom is -0.457 e. The number of allylic oxidation sites excluding steroid dienone is 5. The molecule has 0 saturated carbocycles. The van der Waals surface area contributed by atoms with Crippen molar-refractivity contribution in [3.05, 3.63) is 232 Å². The summed E-state index contributed by atoms with van der Waals surface area (Å²) in [6.45, 7) is 0. The molecule has 4 atom stereocenters. The molecule has 0 saturated heterocycles. The minimum absolute atomic E-state index is 0.224. The van der Waals surface area contributed by atoms with Gasteiger partial charge in [0, 0.05) is 41.1 Å². The molecule has 0 aromatic heterocycles. The first-order chi connectivity index (χ1) is 28.7. The van der Waals surface area contributed by atoms with Crippen LogP contribution in [0.4, 0.5) is 0 Å². The van der Waals surface area contributed by atoms with Crippen LogP contribution >= 0.6 is 0 Å². The Hall–Kier alpha value is -7.04. The molecule has 7 aromatic rings. The monoisotopic (exact) mass is 745 g/mol. The molecule has 4 nitrogen and oxygen atoms in total. The molecule has 4 heteroatoms. The summed E-state index contributed by atoms with van der Waals surface area (Å²) >= 11 is 0. The second-order valence-electron chi connectivity index (χ2n) is 16.0. The topological polar surface area (TPSA) is 37.2 Å². The van der Waals surface area contributed by atoms with E-state index in [0.717, 1.165) is 57.4 Å². The van der Waals surface area contributed by atoms with E-state index in [1.54, 1.807) is 0 Å². The van der Waals surface area contributed by atoms with Crippen LogP contribution in [0.3, 0.4) is 0 Å². The number of rotatable bonds is 4. The molecule has 1 spiro atoms. The van der Waals surface area contributed by atoms with E-state index < -0.39 is 0 Å². The van der Waals surface area contributed by atoms with E-state index in [9.17, 15) is 0 Å². The summed E-state index contributed by atoms with van der Waals surface area (Å²) in [5, 5.41) is 2.54. The Balaban J connectivity index is 1.03. The van der Waals surface area contributed by atoms with Gasteiger partial charge in [0.1, 0.15) is 23.5 Å². The Morgan fingerprint density at radius 1 is 0.655 bits per heavy atom. The van der Waals surface area contributed by atoms with Gasteiger partial charge >= 0.3 is 0 Å². The highest BCUT2D eigenvalue weighted by molar-refractivity contribution is 6.16. The van der Waals surface area contributed by atoms with Crippen molar-refractivity contribution in [2.45, 2.75) is 23.9 Å². The zero-order valence-corrected chi connectivity index (χ0v) is 32.1. The Morgan fingerprint density at radius 2 is 1.43 bits per heavy atom. The number of fused-ring (bicyclic) bond motifs is 9. The van der Waals surface area contributed by atoms with E-state index in [-0.39, 0.29) is 23.4 Å². The average Bonchev–Trinajstić information content (AvgIpc) is 3.57. The molecule has 58 heavy (non-hydrogen) atoms. The lowest BCUT2D eigenvalue weighted by Crippen LogP contribution is -2.37. The van der Waals surface area contributed by atoms with Gasteiger partial charge in [-0.15, -0.1) is 0 Å². The molecular weight excluding hydrogens is 707 g/mol. The van der Waals surface area contributed by atoms with E-state index in [1.807, 2.05) is 0 Å². The van der Waals surface area contributed by atoms with Crippen LogP contribution in [-0.2, 0) is 11.8 Å². The number of benzene rings is 7. The highest BCUT2D eigenvalue weighted by Crippen LogP contribution is 2.64. The van der Waals surface area contributed by atoms with Crippen molar-refractivity contribution in [3.8, 4) is 22.6 Å². The van der Waals surface area contributed by atoms with Gasteiger partial charge in [-0.3, -0.25) is 0 Å². The summed E-state index contributed by atoms with van der Waals surface area (Å²) < 4.78 is 6.94. The molecule has 2 aliphatic heterocycles. The van der Waals surface area contributed by atoms with Crippen LogP contribution in [0.25, 0.3) is 28.0 Å². The van der Waals surface area contributed by atoms with Gasteiger partial charge < -0.3 is 9.64 Å². The number of amidine groups is 2. The largest absolute Gasteiger partial charge is 0.457 e. The maximum Gasteiger partial charge on any atom is 0.159 e. The quantitative estimate of drug-likeness (QED) is 0.180. The molecule has 0 bridgehead atoms. The van der Waals surface area contributed by atoms with Crippen molar-refractivity contribution in [2.75, 3.05) is 7.05 Å². The van der Waals surface area contributed by atoms with Crippen LogP contribution in [0.5, 0.6) is 11.5 Å². The SMILES string of the molecule is CN1C(c2ccccc2-c2ccc3c(c2)Oc2ccccc2C32c3ccccc3C3C=CC=CC32)=NC(c2cc3c4c(cccc4c2)CC=C3)=NC1c1ccccc1. The maximum atomic E-state index is 6.94. The maximum absolute atomic E-state index is 6.94. The van der Waals surface area contributed by atoms with E-state index in [0.29, 0.717) is 0 Å². The molecule has 276 valence electrons. The summed E-state index contributed by atoms with van der Waals surface area (Å²) in [6.07, 6.45) is 14.4. The Bertz CT molecular complexity index is 3010. The lowest BCUT2D eigenvalue weighted by molar-refractivity contribution is 0.374. The molecule has 3 aliphatic carbocycles. The number of hydrogen-bond donors (Lipinski definition) is 0. The second-order valence-corrected chi connectivity index (χ2v) is 16.0. The van der Waals surface area contributed by atoms with Gasteiger partial charge in [-0.05, 0) is 80.4 Å². The molecule has 2 heterocycles. The Kier molecular flexibility index (Phi) is 7.28. The molecule has 0 fully saturated rings. The summed E-state index contributed by atoms with van der Waals surface area (Å²) in [6, 6.07) is 54.9. The molecular formula is C54H39N3O.